The number of likely N-dealkylation sites (N-methyl/N-ethyl adjacent to an activating group) is 1. The fourth-order valence-corrected chi connectivity index (χ4v) is 4.64. The van der Waals surface area contributed by atoms with Crippen molar-refractivity contribution in [1.29, 1.82) is 0 Å². The summed E-state index contributed by atoms with van der Waals surface area (Å²) in [6, 6.07) is 15.4. The van der Waals surface area contributed by atoms with Crippen molar-refractivity contribution in [2.75, 3.05) is 38.1 Å². The van der Waals surface area contributed by atoms with Crippen LogP contribution in [0.1, 0.15) is 35.1 Å². The summed E-state index contributed by atoms with van der Waals surface area (Å²) in [5.74, 6) is 0.576. The minimum Gasteiger partial charge on any atom is -0.343 e. The number of nitrogens with zero attached hydrogens (tertiary/aromatic N) is 4. The van der Waals surface area contributed by atoms with Crippen molar-refractivity contribution < 1.29 is 4.39 Å². The predicted molar refractivity (Wildman–Crippen MR) is 129 cm³/mol. The summed E-state index contributed by atoms with van der Waals surface area (Å²) < 4.78 is 14.3. The van der Waals surface area contributed by atoms with E-state index in [0.29, 0.717) is 0 Å². The van der Waals surface area contributed by atoms with Crippen molar-refractivity contribution in [3.63, 3.8) is 0 Å². The first-order chi connectivity index (χ1) is 15.7. The molecule has 1 fully saturated rings. The van der Waals surface area contributed by atoms with Gasteiger partial charge in [-0.15, -0.1) is 0 Å². The van der Waals surface area contributed by atoms with Gasteiger partial charge in [-0.05, 0) is 58.9 Å². The summed E-state index contributed by atoms with van der Waals surface area (Å²) >= 11 is 0. The molecule has 0 saturated carbocycles. The highest BCUT2D eigenvalue weighted by Gasteiger charge is 2.23. The lowest BCUT2D eigenvalue weighted by atomic mass is 9.86. The Kier molecular flexibility index (Phi) is 5.82. The van der Waals surface area contributed by atoms with Gasteiger partial charge in [0.25, 0.3) is 0 Å². The third-order valence-corrected chi connectivity index (χ3v) is 6.42. The number of hydrogen-bond donors (Lipinski definition) is 0. The fraction of sp³-hybridized carbons (Fsp3) is 0.259. The second-order valence-electron chi connectivity index (χ2n) is 8.44. The normalized spacial score (nSPS) is 15.8. The van der Waals surface area contributed by atoms with Crippen molar-refractivity contribution >= 4 is 23.7 Å². The van der Waals surface area contributed by atoms with Crippen molar-refractivity contribution in [2.24, 2.45) is 0 Å². The van der Waals surface area contributed by atoms with Gasteiger partial charge >= 0.3 is 0 Å². The van der Waals surface area contributed by atoms with Crippen molar-refractivity contribution in [2.45, 2.75) is 12.8 Å². The van der Waals surface area contributed by atoms with E-state index in [2.05, 4.69) is 56.2 Å². The minimum atomic E-state index is -0.182. The molecule has 32 heavy (non-hydrogen) atoms. The van der Waals surface area contributed by atoms with Crippen molar-refractivity contribution in [1.82, 2.24) is 14.9 Å². The molecule has 0 radical (unpaired) electrons. The van der Waals surface area contributed by atoms with Gasteiger partial charge in [0.15, 0.2) is 0 Å². The highest BCUT2D eigenvalue weighted by Crippen LogP contribution is 2.39. The molecule has 0 amide bonds. The molecule has 1 aliphatic carbocycles. The summed E-state index contributed by atoms with van der Waals surface area (Å²) in [6.07, 6.45) is 9.79. The van der Waals surface area contributed by atoms with Gasteiger partial charge < -0.3 is 9.80 Å². The Bertz CT molecular complexity index is 1160. The number of fused-ring (bicyclic) bond motifs is 2. The van der Waals surface area contributed by atoms with Crippen LogP contribution in [-0.4, -0.2) is 48.1 Å². The second kappa shape index (κ2) is 9.05. The molecular formula is C27H27FN4. The number of aromatic nitrogens is 2. The molecule has 5 heteroatoms. The molecule has 1 aromatic heterocycles. The topological polar surface area (TPSA) is 32.3 Å². The second-order valence-corrected chi connectivity index (χ2v) is 8.44. The number of rotatable bonds is 4. The van der Waals surface area contributed by atoms with E-state index in [4.69, 9.17) is 0 Å². The Labute approximate surface area is 188 Å². The molecule has 2 aliphatic rings. The molecule has 1 saturated heterocycles. The first kappa shape index (κ1) is 20.6. The summed E-state index contributed by atoms with van der Waals surface area (Å²) in [7, 11) is 2.04. The molecule has 0 atom stereocenters. The van der Waals surface area contributed by atoms with E-state index in [1.807, 2.05) is 19.2 Å². The number of likely N-dealkylation sites (tertiary alicyclic amines) is 1. The lowest BCUT2D eigenvalue weighted by molar-refractivity contribution is 0.262. The fourth-order valence-electron chi connectivity index (χ4n) is 4.64. The van der Waals surface area contributed by atoms with Crippen molar-refractivity contribution in [3.05, 3.63) is 94.6 Å². The number of halogens is 1. The number of benzene rings is 2. The van der Waals surface area contributed by atoms with Crippen LogP contribution in [0, 0.1) is 5.82 Å². The van der Waals surface area contributed by atoms with Gasteiger partial charge in [-0.25, -0.2) is 14.4 Å². The molecular weight excluding hydrogens is 399 g/mol. The van der Waals surface area contributed by atoms with Crippen LogP contribution >= 0.6 is 0 Å². The lowest BCUT2D eigenvalue weighted by Crippen LogP contribution is -2.37. The molecule has 2 aromatic carbocycles. The molecule has 0 N–H and O–H groups in total. The first-order valence-corrected chi connectivity index (χ1v) is 11.2. The van der Waals surface area contributed by atoms with Crippen LogP contribution in [0.15, 0.2) is 66.5 Å². The first-order valence-electron chi connectivity index (χ1n) is 11.2. The van der Waals surface area contributed by atoms with E-state index in [1.165, 1.54) is 22.3 Å². The van der Waals surface area contributed by atoms with Gasteiger partial charge in [0.2, 0.25) is 5.95 Å². The van der Waals surface area contributed by atoms with E-state index < -0.39 is 0 Å². The molecule has 0 unspecified atom stereocenters. The number of piperidine rings is 1. The Morgan fingerprint density at radius 1 is 0.906 bits per heavy atom. The quantitative estimate of drug-likeness (QED) is 0.453. The highest BCUT2D eigenvalue weighted by atomic mass is 19.1. The molecule has 4 nitrogen and oxygen atoms in total. The van der Waals surface area contributed by atoms with Crippen LogP contribution in [0.4, 0.5) is 10.3 Å². The molecule has 162 valence electrons. The van der Waals surface area contributed by atoms with Crippen LogP contribution in [0.25, 0.3) is 17.7 Å². The van der Waals surface area contributed by atoms with Crippen LogP contribution in [0.3, 0.4) is 0 Å². The maximum atomic E-state index is 14.3. The summed E-state index contributed by atoms with van der Waals surface area (Å²) in [4.78, 5) is 13.2. The van der Waals surface area contributed by atoms with E-state index in [9.17, 15) is 4.39 Å². The molecule has 2 heterocycles. The van der Waals surface area contributed by atoms with Gasteiger partial charge in [-0.2, -0.15) is 0 Å². The minimum absolute atomic E-state index is 0.182. The molecule has 0 bridgehead atoms. The molecule has 1 aliphatic heterocycles. The monoisotopic (exact) mass is 426 g/mol. The number of hydrogen-bond acceptors (Lipinski definition) is 4. The smallest absolute Gasteiger partial charge is 0.225 e. The maximum Gasteiger partial charge on any atom is 0.225 e. The Balaban J connectivity index is 1.37. The number of anilines is 1. The zero-order valence-electron chi connectivity index (χ0n) is 18.3. The van der Waals surface area contributed by atoms with Gasteiger partial charge in [-0.3, -0.25) is 0 Å². The SMILES string of the molecule is CN(CCN1CCC(=C2c3ccccc3C=Cc3ccc(F)cc32)CC1)c1ncccn1. The van der Waals surface area contributed by atoms with Crippen LogP contribution < -0.4 is 4.90 Å². The largest absolute Gasteiger partial charge is 0.343 e. The maximum absolute atomic E-state index is 14.3. The van der Waals surface area contributed by atoms with Gasteiger partial charge in [-0.1, -0.05) is 48.1 Å². The molecule has 0 spiro atoms. The summed E-state index contributed by atoms with van der Waals surface area (Å²) in [5, 5.41) is 0. The van der Waals surface area contributed by atoms with Crippen molar-refractivity contribution in [3.8, 4) is 0 Å². The highest BCUT2D eigenvalue weighted by molar-refractivity contribution is 5.95. The van der Waals surface area contributed by atoms with E-state index in [1.54, 1.807) is 24.5 Å². The Hall–Kier alpha value is -3.31. The molecule has 3 aromatic rings. The van der Waals surface area contributed by atoms with Gasteiger partial charge in [0.05, 0.1) is 0 Å². The standard InChI is InChI=1S/C27H27FN4/c1-31(27-29-13-4-14-30-27)17-18-32-15-11-22(12-16-32)26-24-6-3-2-5-20(24)7-8-21-9-10-23(28)19-25(21)26/h2-10,13-14,19H,11-12,15-18H2,1H3. The summed E-state index contributed by atoms with van der Waals surface area (Å²) in [6.45, 7) is 3.86. The van der Waals surface area contributed by atoms with Gasteiger partial charge in [0, 0.05) is 45.6 Å². The zero-order valence-corrected chi connectivity index (χ0v) is 18.3. The van der Waals surface area contributed by atoms with E-state index in [0.717, 1.165) is 56.1 Å². The Morgan fingerprint density at radius 3 is 2.41 bits per heavy atom. The average molecular weight is 427 g/mol. The molecule has 5 rings (SSSR count). The zero-order chi connectivity index (χ0) is 21.9. The lowest BCUT2D eigenvalue weighted by Gasteiger charge is -2.31. The average Bonchev–Trinajstić information content (AvgIpc) is 3.00. The van der Waals surface area contributed by atoms with E-state index >= 15 is 0 Å². The third-order valence-electron chi connectivity index (χ3n) is 6.42. The van der Waals surface area contributed by atoms with Gasteiger partial charge in [0.1, 0.15) is 5.82 Å². The van der Waals surface area contributed by atoms with Crippen LogP contribution in [0.2, 0.25) is 0 Å². The van der Waals surface area contributed by atoms with Crippen LogP contribution in [0.5, 0.6) is 0 Å². The summed E-state index contributed by atoms with van der Waals surface area (Å²) in [5.41, 5.74) is 7.13. The predicted octanol–water partition coefficient (Wildman–Crippen LogP) is 5.13. The van der Waals surface area contributed by atoms with E-state index in [-0.39, 0.29) is 5.82 Å². The van der Waals surface area contributed by atoms with Crippen LogP contribution in [-0.2, 0) is 0 Å². The third kappa shape index (κ3) is 4.21. The Morgan fingerprint density at radius 2 is 1.62 bits per heavy atom.